The molecule has 1 aromatic carbocycles. The number of ether oxygens (including phenoxy) is 1. The molecule has 0 spiro atoms. The van der Waals surface area contributed by atoms with E-state index in [2.05, 4.69) is 5.09 Å². The van der Waals surface area contributed by atoms with Crippen molar-refractivity contribution in [1.82, 2.24) is 5.09 Å². The number of hydrogen-bond acceptors (Lipinski definition) is 4. The number of carbonyl (C=O) groups is 1. The fraction of sp³-hybridized carbons (Fsp3) is 0.533. The second kappa shape index (κ2) is 7.21. The van der Waals surface area contributed by atoms with Gasteiger partial charge in [-0.3, -0.25) is 9.36 Å². The highest BCUT2D eigenvalue weighted by Crippen LogP contribution is 2.54. The van der Waals surface area contributed by atoms with Crippen molar-refractivity contribution in [3.8, 4) is 0 Å². The van der Waals surface area contributed by atoms with Crippen LogP contribution in [0.3, 0.4) is 0 Å². The Morgan fingerprint density at radius 3 is 2.33 bits per heavy atom. The quantitative estimate of drug-likeness (QED) is 0.644. The van der Waals surface area contributed by atoms with Crippen LogP contribution in [-0.4, -0.2) is 24.3 Å². The van der Waals surface area contributed by atoms with Crippen molar-refractivity contribution in [2.75, 3.05) is 7.11 Å². The van der Waals surface area contributed by atoms with Crippen LogP contribution in [0, 0.1) is 0 Å². The van der Waals surface area contributed by atoms with Crippen LogP contribution in [0.15, 0.2) is 30.3 Å². The summed E-state index contributed by atoms with van der Waals surface area (Å²) in [4.78, 5) is 12.0. The summed E-state index contributed by atoms with van der Waals surface area (Å²) >= 11 is 0. The summed E-state index contributed by atoms with van der Waals surface area (Å²) in [5, 5.41) is 2.18. The van der Waals surface area contributed by atoms with Crippen molar-refractivity contribution in [3.63, 3.8) is 0 Å². The van der Waals surface area contributed by atoms with Crippen molar-refractivity contribution in [2.24, 2.45) is 0 Å². The normalized spacial score (nSPS) is 16.0. The minimum absolute atomic E-state index is 0.193. The van der Waals surface area contributed by atoms with E-state index in [1.54, 1.807) is 27.7 Å². The zero-order chi connectivity index (χ0) is 16.1. The average molecular weight is 313 g/mol. The first-order valence-electron chi connectivity index (χ1n) is 6.84. The second-order valence-corrected chi connectivity index (χ2v) is 8.92. The van der Waals surface area contributed by atoms with Crippen molar-refractivity contribution in [1.29, 1.82) is 0 Å². The SMILES string of the molecule is COP(=O)(NC(C)C(=O)OCc1ccccc1)C(C)(C)C. The maximum absolute atomic E-state index is 12.7. The molecule has 0 aliphatic heterocycles. The number of hydrogen-bond donors (Lipinski definition) is 1. The molecule has 0 heterocycles. The number of benzene rings is 1. The molecular formula is C15H24NO4P. The van der Waals surface area contributed by atoms with Gasteiger partial charge in [0.2, 0.25) is 0 Å². The molecule has 0 aliphatic rings. The molecular weight excluding hydrogens is 289 g/mol. The van der Waals surface area contributed by atoms with Crippen LogP contribution in [0.1, 0.15) is 33.3 Å². The van der Waals surface area contributed by atoms with E-state index in [9.17, 15) is 9.36 Å². The van der Waals surface area contributed by atoms with E-state index in [0.717, 1.165) is 5.56 Å². The standard InChI is InChI=1S/C15H24NO4P/c1-12(16-21(18,19-5)15(2,3)4)14(17)20-11-13-9-7-6-8-10-13/h6-10,12H,11H2,1-5H3,(H,16,18). The number of rotatable bonds is 6. The average Bonchev–Trinajstić information content (AvgIpc) is 2.44. The van der Waals surface area contributed by atoms with Crippen molar-refractivity contribution >= 4 is 13.5 Å². The summed E-state index contributed by atoms with van der Waals surface area (Å²) in [7, 11) is -1.76. The zero-order valence-electron chi connectivity index (χ0n) is 13.3. The Balaban J connectivity index is 2.61. The lowest BCUT2D eigenvalue weighted by Crippen LogP contribution is -2.38. The van der Waals surface area contributed by atoms with E-state index >= 15 is 0 Å². The van der Waals surface area contributed by atoms with Gasteiger partial charge >= 0.3 is 5.97 Å². The third-order valence-electron chi connectivity index (χ3n) is 3.08. The van der Waals surface area contributed by atoms with Crippen molar-refractivity contribution in [3.05, 3.63) is 35.9 Å². The van der Waals surface area contributed by atoms with E-state index < -0.39 is 24.7 Å². The molecule has 0 saturated heterocycles. The molecule has 0 amide bonds. The second-order valence-electron chi connectivity index (χ2n) is 5.85. The van der Waals surface area contributed by atoms with Crippen molar-refractivity contribution < 1.29 is 18.6 Å². The number of esters is 1. The van der Waals surface area contributed by atoms with Crippen molar-refractivity contribution in [2.45, 2.75) is 45.5 Å². The smallest absolute Gasteiger partial charge is 0.323 e. The van der Waals surface area contributed by atoms with Crippen LogP contribution in [0.25, 0.3) is 0 Å². The van der Waals surface area contributed by atoms with Gasteiger partial charge in [-0.15, -0.1) is 0 Å². The lowest BCUT2D eigenvalue weighted by Gasteiger charge is -2.31. The minimum atomic E-state index is -3.14. The maximum Gasteiger partial charge on any atom is 0.323 e. The van der Waals surface area contributed by atoms with Crippen LogP contribution in [0.5, 0.6) is 0 Å². The topological polar surface area (TPSA) is 64.6 Å². The van der Waals surface area contributed by atoms with Gasteiger partial charge < -0.3 is 9.26 Å². The Hall–Kier alpha value is -1.16. The third-order valence-corrected chi connectivity index (χ3v) is 6.09. The summed E-state index contributed by atoms with van der Waals surface area (Å²) in [5.41, 5.74) is 0.906. The van der Waals surface area contributed by atoms with Gasteiger partial charge in [0.25, 0.3) is 7.52 Å². The van der Waals surface area contributed by atoms with Gasteiger partial charge in [-0.2, -0.15) is 0 Å². The summed E-state index contributed by atoms with van der Waals surface area (Å²) < 4.78 is 23.0. The zero-order valence-corrected chi connectivity index (χ0v) is 14.1. The van der Waals surface area contributed by atoms with Gasteiger partial charge in [0.1, 0.15) is 12.6 Å². The first-order valence-corrected chi connectivity index (χ1v) is 8.46. The molecule has 0 saturated carbocycles. The summed E-state index contributed by atoms with van der Waals surface area (Å²) in [6, 6.07) is 8.70. The fourth-order valence-electron chi connectivity index (χ4n) is 1.68. The van der Waals surface area contributed by atoms with E-state index in [1.165, 1.54) is 7.11 Å². The van der Waals surface area contributed by atoms with Gasteiger partial charge in [0.15, 0.2) is 0 Å². The molecule has 0 aromatic heterocycles. The molecule has 2 atom stereocenters. The highest BCUT2D eigenvalue weighted by molar-refractivity contribution is 7.58. The van der Waals surface area contributed by atoms with E-state index in [4.69, 9.17) is 9.26 Å². The van der Waals surface area contributed by atoms with Gasteiger partial charge in [-0.1, -0.05) is 30.3 Å². The molecule has 0 radical (unpaired) electrons. The summed E-state index contributed by atoms with van der Waals surface area (Å²) in [6.07, 6.45) is 0. The Morgan fingerprint density at radius 2 is 1.86 bits per heavy atom. The maximum atomic E-state index is 12.7. The van der Waals surface area contributed by atoms with Gasteiger partial charge in [0.05, 0.1) is 5.16 Å². The van der Waals surface area contributed by atoms with Crippen LogP contribution in [0.2, 0.25) is 0 Å². The predicted octanol–water partition coefficient (Wildman–Crippen LogP) is 3.35. The molecule has 6 heteroatoms. The van der Waals surface area contributed by atoms with E-state index in [0.29, 0.717) is 0 Å². The fourth-order valence-corrected chi connectivity index (χ4v) is 3.34. The number of carbonyl (C=O) groups excluding carboxylic acids is 1. The highest BCUT2D eigenvalue weighted by Gasteiger charge is 2.39. The minimum Gasteiger partial charge on any atom is -0.460 e. The molecule has 21 heavy (non-hydrogen) atoms. The Kier molecular flexibility index (Phi) is 6.14. The van der Waals surface area contributed by atoms with Gasteiger partial charge in [-0.05, 0) is 33.3 Å². The lowest BCUT2D eigenvalue weighted by molar-refractivity contribution is -0.146. The molecule has 2 unspecified atom stereocenters. The summed E-state index contributed by atoms with van der Waals surface area (Å²) in [6.45, 7) is 7.20. The van der Waals surface area contributed by atoms with Gasteiger partial charge in [-0.25, -0.2) is 5.09 Å². The van der Waals surface area contributed by atoms with Crippen LogP contribution in [0.4, 0.5) is 0 Å². The highest BCUT2D eigenvalue weighted by atomic mass is 31.2. The van der Waals surface area contributed by atoms with Crippen LogP contribution in [-0.2, 0) is 25.2 Å². The Morgan fingerprint density at radius 1 is 1.29 bits per heavy atom. The number of nitrogens with one attached hydrogen (secondary N) is 1. The Bertz CT molecular complexity index is 510. The monoisotopic (exact) mass is 313 g/mol. The molecule has 1 N–H and O–H groups in total. The first-order chi connectivity index (χ1) is 9.69. The largest absolute Gasteiger partial charge is 0.460 e. The third kappa shape index (κ3) is 4.95. The molecule has 5 nitrogen and oxygen atoms in total. The molecule has 118 valence electrons. The van der Waals surface area contributed by atoms with Crippen LogP contribution >= 0.6 is 7.52 Å². The summed E-state index contributed by atoms with van der Waals surface area (Å²) in [5.74, 6) is -0.458. The first kappa shape index (κ1) is 17.9. The molecule has 0 fully saturated rings. The van der Waals surface area contributed by atoms with Gasteiger partial charge in [0, 0.05) is 7.11 Å². The lowest BCUT2D eigenvalue weighted by atomic mass is 10.2. The Labute approximate surface area is 126 Å². The van der Waals surface area contributed by atoms with E-state index in [-0.39, 0.29) is 6.61 Å². The van der Waals surface area contributed by atoms with Crippen LogP contribution < -0.4 is 5.09 Å². The predicted molar refractivity (Wildman–Crippen MR) is 83.2 cm³/mol. The van der Waals surface area contributed by atoms with E-state index in [1.807, 2.05) is 30.3 Å². The molecule has 1 rings (SSSR count). The molecule has 0 aliphatic carbocycles. The molecule has 1 aromatic rings. The molecule has 0 bridgehead atoms.